The Morgan fingerprint density at radius 2 is 1.87 bits per heavy atom. The highest BCUT2D eigenvalue weighted by Crippen LogP contribution is 2.39. The van der Waals surface area contributed by atoms with Crippen molar-refractivity contribution in [1.82, 2.24) is 9.78 Å². The fourth-order valence-corrected chi connectivity index (χ4v) is 4.99. The zero-order chi connectivity index (χ0) is 22.2. The molecule has 0 fully saturated rings. The van der Waals surface area contributed by atoms with Crippen molar-refractivity contribution < 1.29 is 17.9 Å². The third-order valence-electron chi connectivity index (χ3n) is 4.66. The summed E-state index contributed by atoms with van der Waals surface area (Å²) in [6.07, 6.45) is 1.18. The summed E-state index contributed by atoms with van der Waals surface area (Å²) in [4.78, 5) is 13.2. The standard InChI is InChI=1S/C22H17ClN2O4S2/c1-29-22(26)18-13-20(25(24-18)19-9-4-3-8-17(19)23)21-16(10-11-30-21)14-6-5-7-15(12-14)31(2,27)28/h3-13H,1-2H3. The molecule has 4 aromatic rings. The van der Waals surface area contributed by atoms with E-state index >= 15 is 0 Å². The number of thiophene rings is 1. The SMILES string of the molecule is COC(=O)c1cc(-c2sccc2-c2cccc(S(C)(=O)=O)c2)n(-c2ccccc2Cl)n1. The van der Waals surface area contributed by atoms with E-state index in [1.165, 1.54) is 24.7 Å². The van der Waals surface area contributed by atoms with Crippen LogP contribution in [0.4, 0.5) is 0 Å². The van der Waals surface area contributed by atoms with Gasteiger partial charge in [-0.2, -0.15) is 5.10 Å². The van der Waals surface area contributed by atoms with Crippen molar-refractivity contribution in [3.63, 3.8) is 0 Å². The summed E-state index contributed by atoms with van der Waals surface area (Å²) in [6.45, 7) is 0. The minimum Gasteiger partial charge on any atom is -0.464 e. The molecule has 0 saturated heterocycles. The van der Waals surface area contributed by atoms with Gasteiger partial charge in [0.05, 0.1) is 33.3 Å². The minimum absolute atomic E-state index is 0.140. The molecule has 0 unspecified atom stereocenters. The molecular formula is C22H17ClN2O4S2. The molecule has 0 N–H and O–H groups in total. The Hall–Kier alpha value is -2.94. The number of rotatable bonds is 5. The average Bonchev–Trinajstić information content (AvgIpc) is 3.40. The van der Waals surface area contributed by atoms with Crippen molar-refractivity contribution in [3.8, 4) is 27.4 Å². The van der Waals surface area contributed by atoms with E-state index in [4.69, 9.17) is 16.3 Å². The summed E-state index contributed by atoms with van der Waals surface area (Å²) >= 11 is 7.85. The van der Waals surface area contributed by atoms with Gasteiger partial charge >= 0.3 is 5.97 Å². The second kappa shape index (κ2) is 8.30. The van der Waals surface area contributed by atoms with Crippen LogP contribution in [0.25, 0.3) is 27.4 Å². The lowest BCUT2D eigenvalue weighted by Gasteiger charge is -2.10. The molecule has 0 bridgehead atoms. The maximum Gasteiger partial charge on any atom is 0.358 e. The Labute approximate surface area is 188 Å². The molecule has 2 aromatic carbocycles. The first kappa shape index (κ1) is 21.3. The summed E-state index contributed by atoms with van der Waals surface area (Å²) in [5, 5.41) is 6.80. The van der Waals surface area contributed by atoms with Gasteiger partial charge in [-0.25, -0.2) is 17.9 Å². The zero-order valence-electron chi connectivity index (χ0n) is 16.6. The van der Waals surface area contributed by atoms with Crippen LogP contribution in [0.1, 0.15) is 10.5 Å². The highest BCUT2D eigenvalue weighted by Gasteiger charge is 2.22. The van der Waals surface area contributed by atoms with Gasteiger partial charge in [0.15, 0.2) is 15.5 Å². The number of halogens is 1. The lowest BCUT2D eigenvalue weighted by molar-refractivity contribution is 0.0593. The van der Waals surface area contributed by atoms with E-state index in [-0.39, 0.29) is 10.6 Å². The first-order chi connectivity index (χ1) is 14.8. The maximum absolute atomic E-state index is 12.2. The molecular weight excluding hydrogens is 456 g/mol. The van der Waals surface area contributed by atoms with Crippen molar-refractivity contribution in [2.75, 3.05) is 13.4 Å². The van der Waals surface area contributed by atoms with Gasteiger partial charge < -0.3 is 4.74 Å². The normalized spacial score (nSPS) is 11.5. The van der Waals surface area contributed by atoms with Crippen molar-refractivity contribution in [2.45, 2.75) is 4.90 Å². The van der Waals surface area contributed by atoms with E-state index in [0.29, 0.717) is 16.4 Å². The van der Waals surface area contributed by atoms with Crippen LogP contribution in [-0.4, -0.2) is 37.5 Å². The second-order valence-corrected chi connectivity index (χ2v) is 10.1. The van der Waals surface area contributed by atoms with E-state index in [2.05, 4.69) is 5.10 Å². The van der Waals surface area contributed by atoms with E-state index < -0.39 is 15.8 Å². The van der Waals surface area contributed by atoms with Crippen LogP contribution in [0.5, 0.6) is 0 Å². The molecule has 0 saturated carbocycles. The van der Waals surface area contributed by atoms with Gasteiger partial charge in [0.25, 0.3) is 0 Å². The van der Waals surface area contributed by atoms with E-state index in [0.717, 1.165) is 16.0 Å². The molecule has 2 aromatic heterocycles. The van der Waals surface area contributed by atoms with E-state index in [1.807, 2.05) is 29.6 Å². The monoisotopic (exact) mass is 472 g/mol. The van der Waals surface area contributed by atoms with E-state index in [9.17, 15) is 13.2 Å². The van der Waals surface area contributed by atoms with Crippen molar-refractivity contribution in [1.29, 1.82) is 0 Å². The number of carbonyl (C=O) groups is 1. The second-order valence-electron chi connectivity index (χ2n) is 6.73. The van der Waals surface area contributed by atoms with Gasteiger partial charge in [-0.3, -0.25) is 0 Å². The van der Waals surface area contributed by atoms with Crippen molar-refractivity contribution in [3.05, 3.63) is 76.8 Å². The number of hydrogen-bond acceptors (Lipinski definition) is 6. The molecule has 0 spiro atoms. The molecule has 4 rings (SSSR count). The van der Waals surface area contributed by atoms with Crippen molar-refractivity contribution >= 4 is 38.7 Å². The number of methoxy groups -OCH3 is 1. The Kier molecular flexibility index (Phi) is 5.70. The molecule has 0 radical (unpaired) electrons. The quantitative estimate of drug-likeness (QED) is 0.377. The van der Waals surface area contributed by atoms with Crippen LogP contribution < -0.4 is 0 Å². The number of para-hydroxylation sites is 1. The van der Waals surface area contributed by atoms with Gasteiger partial charge in [0, 0.05) is 17.9 Å². The molecule has 0 aliphatic carbocycles. The zero-order valence-corrected chi connectivity index (χ0v) is 19.0. The lowest BCUT2D eigenvalue weighted by atomic mass is 10.1. The number of nitrogens with zero attached hydrogens (tertiary/aromatic N) is 2. The first-order valence-electron chi connectivity index (χ1n) is 9.11. The number of benzene rings is 2. The fraction of sp³-hybridized carbons (Fsp3) is 0.0909. The van der Waals surface area contributed by atoms with Crippen LogP contribution in [0.15, 0.2) is 70.9 Å². The summed E-state index contributed by atoms with van der Waals surface area (Å²) in [6, 6.07) is 17.5. The van der Waals surface area contributed by atoms with Gasteiger partial charge in [-0.15, -0.1) is 11.3 Å². The summed E-state index contributed by atoms with van der Waals surface area (Å²) < 4.78 is 30.5. The third-order valence-corrected chi connectivity index (χ3v) is 7.02. The number of sulfone groups is 1. The lowest BCUT2D eigenvalue weighted by Crippen LogP contribution is -2.04. The first-order valence-corrected chi connectivity index (χ1v) is 12.3. The fourth-order valence-electron chi connectivity index (χ4n) is 3.18. The van der Waals surface area contributed by atoms with Gasteiger partial charge in [-0.05, 0) is 41.3 Å². The predicted octanol–water partition coefficient (Wildman–Crippen LogP) is 5.11. The van der Waals surface area contributed by atoms with Crippen molar-refractivity contribution in [2.24, 2.45) is 0 Å². The molecule has 0 amide bonds. The Balaban J connectivity index is 1.93. The minimum atomic E-state index is -3.35. The molecule has 158 valence electrons. The molecule has 0 aliphatic heterocycles. The maximum atomic E-state index is 12.2. The summed E-state index contributed by atoms with van der Waals surface area (Å²) in [5.41, 5.74) is 2.95. The largest absolute Gasteiger partial charge is 0.464 e. The molecule has 0 atom stereocenters. The predicted molar refractivity (Wildman–Crippen MR) is 122 cm³/mol. The number of ether oxygens (including phenoxy) is 1. The highest BCUT2D eigenvalue weighted by atomic mass is 35.5. The van der Waals surface area contributed by atoms with Gasteiger partial charge in [0.2, 0.25) is 0 Å². The average molecular weight is 473 g/mol. The molecule has 0 aliphatic rings. The molecule has 9 heteroatoms. The topological polar surface area (TPSA) is 78.3 Å². The molecule has 2 heterocycles. The smallest absolute Gasteiger partial charge is 0.358 e. The van der Waals surface area contributed by atoms with Gasteiger partial charge in [0.1, 0.15) is 0 Å². The summed E-state index contributed by atoms with van der Waals surface area (Å²) in [5.74, 6) is -0.566. The third kappa shape index (κ3) is 4.14. The number of carbonyl (C=O) groups excluding carboxylic acids is 1. The number of esters is 1. The van der Waals surface area contributed by atoms with Crippen LogP contribution in [0.3, 0.4) is 0 Å². The van der Waals surface area contributed by atoms with E-state index in [1.54, 1.807) is 41.1 Å². The molecule has 6 nitrogen and oxygen atoms in total. The van der Waals surface area contributed by atoms with Crippen LogP contribution in [0.2, 0.25) is 5.02 Å². The summed E-state index contributed by atoms with van der Waals surface area (Å²) in [7, 11) is -2.06. The number of hydrogen-bond donors (Lipinski definition) is 0. The number of aromatic nitrogens is 2. The Morgan fingerprint density at radius 3 is 2.58 bits per heavy atom. The van der Waals surface area contributed by atoms with Crippen LogP contribution >= 0.6 is 22.9 Å². The van der Waals surface area contributed by atoms with Crippen LogP contribution in [0, 0.1) is 0 Å². The van der Waals surface area contributed by atoms with Crippen LogP contribution in [-0.2, 0) is 14.6 Å². The molecule has 31 heavy (non-hydrogen) atoms. The Bertz CT molecular complexity index is 1390. The Morgan fingerprint density at radius 1 is 1.10 bits per heavy atom. The van der Waals surface area contributed by atoms with Gasteiger partial charge in [-0.1, -0.05) is 35.9 Å². The highest BCUT2D eigenvalue weighted by molar-refractivity contribution is 7.90.